The summed E-state index contributed by atoms with van der Waals surface area (Å²) >= 11 is 12.6. The third kappa shape index (κ3) is 4.38. The molecule has 0 spiro atoms. The fourth-order valence-corrected chi connectivity index (χ4v) is 4.40. The van der Waals surface area contributed by atoms with Crippen LogP contribution in [0.1, 0.15) is 34.6 Å². The second kappa shape index (κ2) is 8.97. The van der Waals surface area contributed by atoms with E-state index in [0.29, 0.717) is 29.6 Å². The van der Waals surface area contributed by atoms with E-state index in [0.717, 1.165) is 29.0 Å². The van der Waals surface area contributed by atoms with Crippen LogP contribution in [0.2, 0.25) is 10.0 Å². The lowest BCUT2D eigenvalue weighted by molar-refractivity contribution is 0.0724. The fraction of sp³-hybridized carbons (Fsp3) is 0.231. The number of amides is 1. The molecule has 0 radical (unpaired) electrons. The predicted molar refractivity (Wildman–Crippen MR) is 129 cm³/mol. The van der Waals surface area contributed by atoms with Gasteiger partial charge in [-0.05, 0) is 48.6 Å². The Kier molecular flexibility index (Phi) is 5.90. The summed E-state index contributed by atoms with van der Waals surface area (Å²) in [7, 11) is 0. The number of halogens is 2. The average Bonchev–Trinajstić information content (AvgIpc) is 3.57. The quantitative estimate of drug-likeness (QED) is 0.309. The lowest BCUT2D eigenvalue weighted by Crippen LogP contribution is -2.31. The molecule has 0 bridgehead atoms. The van der Waals surface area contributed by atoms with Crippen molar-refractivity contribution in [1.29, 1.82) is 0 Å². The highest BCUT2D eigenvalue weighted by molar-refractivity contribution is 6.43. The highest BCUT2D eigenvalue weighted by Gasteiger charge is 2.26. The molecule has 5 rings (SSSR count). The van der Waals surface area contributed by atoms with Gasteiger partial charge in [0.2, 0.25) is 0 Å². The van der Waals surface area contributed by atoms with Gasteiger partial charge in [-0.2, -0.15) is 0 Å². The lowest BCUT2D eigenvalue weighted by Gasteiger charge is -2.24. The monoisotopic (exact) mass is 463 g/mol. The van der Waals surface area contributed by atoms with Crippen LogP contribution in [-0.4, -0.2) is 20.4 Å². The van der Waals surface area contributed by atoms with Crippen LogP contribution >= 0.6 is 23.2 Å². The summed E-state index contributed by atoms with van der Waals surface area (Å²) < 4.78 is 2.28. The van der Waals surface area contributed by atoms with Gasteiger partial charge in [-0.25, -0.2) is 4.98 Å². The van der Waals surface area contributed by atoms with Crippen molar-refractivity contribution in [2.45, 2.75) is 32.5 Å². The number of aromatic nitrogens is 2. The molecule has 1 amide bonds. The Morgan fingerprint density at radius 2 is 1.69 bits per heavy atom. The first-order valence-electron chi connectivity index (χ1n) is 10.8. The molecule has 4 aromatic rings. The normalized spacial score (nSPS) is 13.4. The molecule has 4 nitrogen and oxygen atoms in total. The number of nitrogens with zero attached hydrogens (tertiary/aromatic N) is 3. The zero-order chi connectivity index (χ0) is 22.1. The first-order valence-corrected chi connectivity index (χ1v) is 11.6. The van der Waals surface area contributed by atoms with Crippen molar-refractivity contribution in [2.75, 3.05) is 0 Å². The molecule has 1 heterocycles. The van der Waals surface area contributed by atoms with E-state index in [2.05, 4.69) is 10.6 Å². The standard InChI is InChI=1S/C26H23Cl2N3O/c27-21-10-6-9-20(25(21)28)26(32)30(15-18-7-2-1-3-8-18)17-24-29-22-11-4-5-12-23(22)31(24)16-19-13-14-19/h1-12,19H,13-17H2. The predicted octanol–water partition coefficient (Wildman–Crippen LogP) is 6.60. The third-order valence-corrected chi connectivity index (χ3v) is 6.71. The second-order valence-corrected chi connectivity index (χ2v) is 9.10. The van der Waals surface area contributed by atoms with Gasteiger partial charge in [0.25, 0.3) is 5.91 Å². The molecule has 1 aliphatic rings. The minimum Gasteiger partial charge on any atom is -0.327 e. The topological polar surface area (TPSA) is 38.1 Å². The molecule has 0 saturated heterocycles. The van der Waals surface area contributed by atoms with Crippen LogP contribution in [-0.2, 0) is 19.6 Å². The minimum atomic E-state index is -0.161. The first kappa shape index (κ1) is 21.0. The molecule has 0 unspecified atom stereocenters. The SMILES string of the molecule is O=C(c1cccc(Cl)c1Cl)N(Cc1ccccc1)Cc1nc2ccccc2n1CC1CC1. The number of fused-ring (bicyclic) bond motifs is 1. The van der Waals surface area contributed by atoms with E-state index in [1.807, 2.05) is 48.5 Å². The summed E-state index contributed by atoms with van der Waals surface area (Å²) in [5.41, 5.74) is 3.52. The molecule has 1 aliphatic carbocycles. The van der Waals surface area contributed by atoms with E-state index in [-0.39, 0.29) is 10.9 Å². The van der Waals surface area contributed by atoms with Crippen LogP contribution in [0.5, 0.6) is 0 Å². The number of carbonyl (C=O) groups excluding carboxylic acids is 1. The van der Waals surface area contributed by atoms with Crippen molar-refractivity contribution in [2.24, 2.45) is 5.92 Å². The smallest absolute Gasteiger partial charge is 0.256 e. The third-order valence-electron chi connectivity index (χ3n) is 5.89. The van der Waals surface area contributed by atoms with Crippen molar-refractivity contribution in [3.63, 3.8) is 0 Å². The number of carbonyl (C=O) groups is 1. The van der Waals surface area contributed by atoms with Crippen LogP contribution in [0, 0.1) is 5.92 Å². The van der Waals surface area contributed by atoms with E-state index >= 15 is 0 Å². The van der Waals surface area contributed by atoms with Gasteiger partial charge >= 0.3 is 0 Å². The molecule has 3 aromatic carbocycles. The Bertz CT molecular complexity index is 1260. The maximum absolute atomic E-state index is 13.6. The fourth-order valence-electron chi connectivity index (χ4n) is 4.02. The number of benzene rings is 3. The molecule has 1 saturated carbocycles. The number of hydrogen-bond acceptors (Lipinski definition) is 2. The van der Waals surface area contributed by atoms with Gasteiger partial charge in [0.15, 0.2) is 0 Å². The van der Waals surface area contributed by atoms with Crippen LogP contribution in [0.25, 0.3) is 11.0 Å². The first-order chi connectivity index (χ1) is 15.6. The van der Waals surface area contributed by atoms with Gasteiger partial charge in [0.05, 0.1) is 33.2 Å². The molecule has 6 heteroatoms. The summed E-state index contributed by atoms with van der Waals surface area (Å²) in [5.74, 6) is 1.42. The van der Waals surface area contributed by atoms with Crippen molar-refractivity contribution < 1.29 is 4.79 Å². The van der Waals surface area contributed by atoms with Crippen molar-refractivity contribution in [3.05, 3.63) is 99.8 Å². The Hall–Kier alpha value is -2.82. The van der Waals surface area contributed by atoms with Crippen molar-refractivity contribution in [1.82, 2.24) is 14.5 Å². The van der Waals surface area contributed by atoms with E-state index in [4.69, 9.17) is 28.2 Å². The summed E-state index contributed by atoms with van der Waals surface area (Å²) in [4.78, 5) is 20.3. The van der Waals surface area contributed by atoms with Gasteiger partial charge in [0, 0.05) is 13.1 Å². The van der Waals surface area contributed by atoms with Crippen LogP contribution in [0.4, 0.5) is 0 Å². The van der Waals surface area contributed by atoms with Crippen LogP contribution < -0.4 is 0 Å². The molecule has 0 aliphatic heterocycles. The van der Waals surface area contributed by atoms with Gasteiger partial charge in [-0.1, -0.05) is 71.7 Å². The number of rotatable bonds is 7. The Morgan fingerprint density at radius 3 is 2.47 bits per heavy atom. The Morgan fingerprint density at radius 1 is 0.938 bits per heavy atom. The lowest BCUT2D eigenvalue weighted by atomic mass is 10.1. The molecule has 0 atom stereocenters. The van der Waals surface area contributed by atoms with E-state index in [1.165, 1.54) is 12.8 Å². The molecule has 1 aromatic heterocycles. The molecule has 0 N–H and O–H groups in total. The zero-order valence-corrected chi connectivity index (χ0v) is 19.1. The summed E-state index contributed by atoms with van der Waals surface area (Å²) in [5, 5.41) is 0.655. The summed E-state index contributed by atoms with van der Waals surface area (Å²) in [6.07, 6.45) is 2.49. The maximum atomic E-state index is 13.6. The van der Waals surface area contributed by atoms with Gasteiger partial charge in [-0.3, -0.25) is 4.79 Å². The van der Waals surface area contributed by atoms with Gasteiger partial charge in [-0.15, -0.1) is 0 Å². The van der Waals surface area contributed by atoms with Crippen molar-refractivity contribution >= 4 is 40.1 Å². The van der Waals surface area contributed by atoms with Gasteiger partial charge < -0.3 is 9.47 Å². The maximum Gasteiger partial charge on any atom is 0.256 e. The summed E-state index contributed by atoms with van der Waals surface area (Å²) in [6, 6.07) is 23.3. The van der Waals surface area contributed by atoms with Gasteiger partial charge in [0.1, 0.15) is 5.82 Å². The number of hydrogen-bond donors (Lipinski definition) is 0. The van der Waals surface area contributed by atoms with E-state index < -0.39 is 0 Å². The van der Waals surface area contributed by atoms with Crippen LogP contribution in [0.15, 0.2) is 72.8 Å². The molecular weight excluding hydrogens is 441 g/mol. The van der Waals surface area contributed by atoms with E-state index in [1.54, 1.807) is 23.1 Å². The van der Waals surface area contributed by atoms with Crippen molar-refractivity contribution in [3.8, 4) is 0 Å². The average molecular weight is 464 g/mol. The molecular formula is C26H23Cl2N3O. The largest absolute Gasteiger partial charge is 0.327 e. The highest BCUT2D eigenvalue weighted by atomic mass is 35.5. The number of para-hydroxylation sites is 2. The summed E-state index contributed by atoms with van der Waals surface area (Å²) in [6.45, 7) is 1.77. The molecule has 32 heavy (non-hydrogen) atoms. The minimum absolute atomic E-state index is 0.161. The Balaban J connectivity index is 1.53. The second-order valence-electron chi connectivity index (χ2n) is 8.32. The molecule has 1 fully saturated rings. The van der Waals surface area contributed by atoms with E-state index in [9.17, 15) is 4.79 Å². The highest BCUT2D eigenvalue weighted by Crippen LogP contribution is 2.33. The van der Waals surface area contributed by atoms with Crippen LogP contribution in [0.3, 0.4) is 0 Å². The molecule has 162 valence electrons. The zero-order valence-electron chi connectivity index (χ0n) is 17.5. The Labute approximate surface area is 197 Å². The number of imidazole rings is 1.